The number of nitrogens with one attached hydrogen (secondary N) is 2. The monoisotopic (exact) mass is 294 g/mol. The summed E-state index contributed by atoms with van der Waals surface area (Å²) in [6.45, 7) is 1.81. The predicted octanol–water partition coefficient (Wildman–Crippen LogP) is 2.13. The second-order valence-corrected chi connectivity index (χ2v) is 6.52. The zero-order valence-electron chi connectivity index (χ0n) is 9.91. The van der Waals surface area contributed by atoms with Crippen molar-refractivity contribution in [2.45, 2.75) is 11.8 Å². The molecule has 2 heterocycles. The molecule has 0 fully saturated rings. The first-order valence-corrected chi connectivity index (χ1v) is 7.79. The van der Waals surface area contributed by atoms with E-state index in [0.717, 1.165) is 11.2 Å². The molecule has 0 spiro atoms. The number of benzene rings is 1. The number of thiazole rings is 1. The van der Waals surface area contributed by atoms with Crippen molar-refractivity contribution in [2.24, 2.45) is 0 Å². The van der Waals surface area contributed by atoms with Crippen LogP contribution in [-0.2, 0) is 10.0 Å². The molecule has 0 saturated carbocycles. The number of rotatable bonds is 3. The van der Waals surface area contributed by atoms with Gasteiger partial charge in [-0.15, -0.1) is 11.3 Å². The number of sulfonamides is 1. The molecule has 8 heteroatoms. The number of hydrogen-bond donors (Lipinski definition) is 2. The molecule has 3 aromatic rings. The number of fused-ring (bicyclic) bond motifs is 1. The van der Waals surface area contributed by atoms with Gasteiger partial charge in [-0.25, -0.2) is 18.4 Å². The summed E-state index contributed by atoms with van der Waals surface area (Å²) in [6.07, 6.45) is 1.53. The number of aryl methyl sites for hydroxylation is 1. The fourth-order valence-corrected chi connectivity index (χ4v) is 3.62. The van der Waals surface area contributed by atoms with E-state index in [4.69, 9.17) is 0 Å². The summed E-state index contributed by atoms with van der Waals surface area (Å²) in [5.74, 6) is 0. The Balaban J connectivity index is 1.98. The third-order valence-electron chi connectivity index (χ3n) is 2.54. The SMILES string of the molecule is Cc1csc(NS(=O)(=O)c2ccc3nc[nH]c3c2)n1. The van der Waals surface area contributed by atoms with E-state index in [1.165, 1.54) is 23.7 Å². The van der Waals surface area contributed by atoms with Crippen LogP contribution in [0.15, 0.2) is 34.8 Å². The van der Waals surface area contributed by atoms with Crippen molar-refractivity contribution in [1.82, 2.24) is 15.0 Å². The van der Waals surface area contributed by atoms with E-state index in [9.17, 15) is 8.42 Å². The number of anilines is 1. The molecule has 0 aliphatic carbocycles. The Labute approximate surface area is 113 Å². The first-order valence-electron chi connectivity index (χ1n) is 5.43. The maximum atomic E-state index is 12.2. The second kappa shape index (κ2) is 4.32. The van der Waals surface area contributed by atoms with Crippen molar-refractivity contribution >= 4 is 37.5 Å². The molecule has 2 N–H and O–H groups in total. The molecule has 2 aromatic heterocycles. The van der Waals surface area contributed by atoms with Gasteiger partial charge < -0.3 is 4.98 Å². The van der Waals surface area contributed by atoms with Gasteiger partial charge in [0.2, 0.25) is 0 Å². The maximum Gasteiger partial charge on any atom is 0.263 e. The normalized spacial score (nSPS) is 11.8. The molecule has 0 saturated heterocycles. The van der Waals surface area contributed by atoms with Crippen molar-refractivity contribution in [3.05, 3.63) is 35.6 Å². The van der Waals surface area contributed by atoms with Crippen molar-refractivity contribution in [1.29, 1.82) is 0 Å². The molecule has 19 heavy (non-hydrogen) atoms. The van der Waals surface area contributed by atoms with E-state index in [-0.39, 0.29) is 4.90 Å². The highest BCUT2D eigenvalue weighted by atomic mass is 32.2. The minimum Gasteiger partial charge on any atom is -0.345 e. The number of nitrogens with zero attached hydrogens (tertiary/aromatic N) is 2. The third kappa shape index (κ3) is 2.32. The van der Waals surface area contributed by atoms with Crippen molar-refractivity contribution in [3.63, 3.8) is 0 Å². The molecular weight excluding hydrogens is 284 g/mol. The zero-order chi connectivity index (χ0) is 13.5. The van der Waals surface area contributed by atoms with Gasteiger partial charge in [-0.1, -0.05) is 0 Å². The second-order valence-electron chi connectivity index (χ2n) is 3.98. The van der Waals surface area contributed by atoms with Crippen LogP contribution in [0.2, 0.25) is 0 Å². The first-order chi connectivity index (χ1) is 9.04. The molecule has 6 nitrogen and oxygen atoms in total. The van der Waals surface area contributed by atoms with Crippen LogP contribution in [-0.4, -0.2) is 23.4 Å². The van der Waals surface area contributed by atoms with Crippen LogP contribution in [0.1, 0.15) is 5.69 Å². The third-order valence-corrected chi connectivity index (χ3v) is 4.88. The van der Waals surface area contributed by atoms with Gasteiger partial charge in [0, 0.05) is 5.38 Å². The summed E-state index contributed by atoms with van der Waals surface area (Å²) in [5.41, 5.74) is 2.19. The molecule has 3 rings (SSSR count). The minimum absolute atomic E-state index is 0.178. The topological polar surface area (TPSA) is 87.7 Å². The van der Waals surface area contributed by atoms with Crippen LogP contribution >= 0.6 is 11.3 Å². The average molecular weight is 294 g/mol. The fraction of sp³-hybridized carbons (Fsp3) is 0.0909. The Hall–Kier alpha value is -1.93. The van der Waals surface area contributed by atoms with Gasteiger partial charge in [0.05, 0.1) is 28.0 Å². The molecule has 0 amide bonds. The highest BCUT2D eigenvalue weighted by Gasteiger charge is 2.16. The molecule has 0 bridgehead atoms. The van der Waals surface area contributed by atoms with Crippen molar-refractivity contribution in [2.75, 3.05) is 4.72 Å². The molecule has 0 atom stereocenters. The van der Waals surface area contributed by atoms with Gasteiger partial charge in [-0.2, -0.15) is 0 Å². The lowest BCUT2D eigenvalue weighted by Gasteiger charge is -2.04. The lowest BCUT2D eigenvalue weighted by Crippen LogP contribution is -2.12. The van der Waals surface area contributed by atoms with Gasteiger partial charge in [0.1, 0.15) is 0 Å². The van der Waals surface area contributed by atoms with Gasteiger partial charge in [-0.3, -0.25) is 4.72 Å². The predicted molar refractivity (Wildman–Crippen MR) is 73.8 cm³/mol. The number of imidazole rings is 1. The van der Waals surface area contributed by atoms with Crippen molar-refractivity contribution < 1.29 is 8.42 Å². The van der Waals surface area contributed by atoms with Crippen LogP contribution in [0.5, 0.6) is 0 Å². The Morgan fingerprint density at radius 2 is 2.21 bits per heavy atom. The lowest BCUT2D eigenvalue weighted by atomic mass is 10.3. The molecule has 98 valence electrons. The first kappa shape index (κ1) is 12.1. The smallest absolute Gasteiger partial charge is 0.263 e. The summed E-state index contributed by atoms with van der Waals surface area (Å²) in [6, 6.07) is 4.73. The van der Waals surface area contributed by atoms with Gasteiger partial charge in [-0.05, 0) is 25.1 Å². The zero-order valence-corrected chi connectivity index (χ0v) is 11.5. The number of hydrogen-bond acceptors (Lipinski definition) is 5. The van der Waals surface area contributed by atoms with Crippen LogP contribution < -0.4 is 4.72 Å². The Morgan fingerprint density at radius 1 is 1.37 bits per heavy atom. The lowest BCUT2D eigenvalue weighted by molar-refractivity contribution is 0.601. The van der Waals surface area contributed by atoms with E-state index in [1.54, 1.807) is 17.5 Å². The van der Waals surface area contributed by atoms with Crippen LogP contribution in [0.3, 0.4) is 0 Å². The van der Waals surface area contributed by atoms with E-state index in [0.29, 0.717) is 10.6 Å². The number of aromatic nitrogens is 3. The highest BCUT2D eigenvalue weighted by molar-refractivity contribution is 7.93. The van der Waals surface area contributed by atoms with Gasteiger partial charge in [0.25, 0.3) is 10.0 Å². The molecular formula is C11H10N4O2S2. The molecule has 0 radical (unpaired) electrons. The molecule has 0 unspecified atom stereocenters. The Morgan fingerprint density at radius 3 is 2.95 bits per heavy atom. The summed E-state index contributed by atoms with van der Waals surface area (Å²) < 4.78 is 26.9. The number of aromatic amines is 1. The van der Waals surface area contributed by atoms with Crippen LogP contribution in [0.4, 0.5) is 5.13 Å². The summed E-state index contributed by atoms with van der Waals surface area (Å²) >= 11 is 1.25. The Kier molecular flexibility index (Phi) is 2.76. The van der Waals surface area contributed by atoms with Crippen LogP contribution in [0, 0.1) is 6.92 Å². The summed E-state index contributed by atoms with van der Waals surface area (Å²) in [4.78, 5) is 11.2. The maximum absolute atomic E-state index is 12.2. The molecule has 0 aliphatic rings. The van der Waals surface area contributed by atoms with Gasteiger partial charge >= 0.3 is 0 Å². The molecule has 1 aromatic carbocycles. The largest absolute Gasteiger partial charge is 0.345 e. The van der Waals surface area contributed by atoms with Crippen molar-refractivity contribution in [3.8, 4) is 0 Å². The minimum atomic E-state index is -3.62. The molecule has 0 aliphatic heterocycles. The fourth-order valence-electron chi connectivity index (χ4n) is 1.66. The quantitative estimate of drug-likeness (QED) is 0.774. The summed E-state index contributed by atoms with van der Waals surface area (Å²) in [7, 11) is -3.62. The average Bonchev–Trinajstić information content (AvgIpc) is 2.96. The Bertz CT molecular complexity index is 835. The van der Waals surface area contributed by atoms with Crippen LogP contribution in [0.25, 0.3) is 11.0 Å². The standard InChI is InChI=1S/C11H10N4O2S2/c1-7-5-18-11(14-7)15-19(16,17)8-2-3-9-10(4-8)13-6-12-9/h2-6H,1H3,(H,12,13)(H,14,15). The highest BCUT2D eigenvalue weighted by Crippen LogP contribution is 2.21. The van der Waals surface area contributed by atoms with E-state index in [2.05, 4.69) is 19.7 Å². The van der Waals surface area contributed by atoms with E-state index < -0.39 is 10.0 Å². The number of H-pyrrole nitrogens is 1. The van der Waals surface area contributed by atoms with E-state index >= 15 is 0 Å². The van der Waals surface area contributed by atoms with Gasteiger partial charge in [0.15, 0.2) is 5.13 Å². The summed E-state index contributed by atoms with van der Waals surface area (Å²) in [5, 5.41) is 2.15. The van der Waals surface area contributed by atoms with E-state index in [1.807, 2.05) is 6.92 Å².